The minimum absolute atomic E-state index is 0.00822. The number of aromatic nitrogens is 2. The number of rotatable bonds is 6. The number of hydrogen-bond acceptors (Lipinski definition) is 5. The zero-order valence-corrected chi connectivity index (χ0v) is 19.3. The van der Waals surface area contributed by atoms with Crippen LogP contribution in [0.3, 0.4) is 0 Å². The Kier molecular flexibility index (Phi) is 6.25. The van der Waals surface area contributed by atoms with Gasteiger partial charge in [-0.2, -0.15) is 11.3 Å². The molecule has 1 amide bonds. The van der Waals surface area contributed by atoms with Crippen LogP contribution in [0.4, 0.5) is 0 Å². The highest BCUT2D eigenvalue weighted by molar-refractivity contribution is 7.99. The van der Waals surface area contributed by atoms with Crippen LogP contribution in [0.2, 0.25) is 0 Å². The van der Waals surface area contributed by atoms with E-state index in [4.69, 9.17) is 4.98 Å². The molecule has 0 saturated carbocycles. The Morgan fingerprint density at radius 1 is 1.16 bits per heavy atom. The summed E-state index contributed by atoms with van der Waals surface area (Å²) in [4.78, 5) is 32.6. The fourth-order valence-electron chi connectivity index (χ4n) is 3.36. The molecule has 4 aromatic rings. The van der Waals surface area contributed by atoms with Gasteiger partial charge in [0.25, 0.3) is 5.56 Å². The number of amides is 1. The van der Waals surface area contributed by atoms with Gasteiger partial charge in [-0.15, -0.1) is 0 Å². The summed E-state index contributed by atoms with van der Waals surface area (Å²) in [6.45, 7) is 4.54. The second kappa shape index (κ2) is 9.08. The fraction of sp³-hybridized carbons (Fsp3) is 0.208. The summed E-state index contributed by atoms with van der Waals surface area (Å²) in [6.07, 6.45) is 0. The van der Waals surface area contributed by atoms with E-state index in [1.54, 1.807) is 33.9 Å². The number of thioether (sulfide) groups is 1. The van der Waals surface area contributed by atoms with Crippen LogP contribution in [0.25, 0.3) is 16.6 Å². The number of hydrogen-bond donors (Lipinski definition) is 0. The molecule has 0 aliphatic heterocycles. The lowest BCUT2D eigenvalue weighted by Gasteiger charge is -2.18. The first-order chi connectivity index (χ1) is 14.9. The zero-order valence-electron chi connectivity index (χ0n) is 17.7. The topological polar surface area (TPSA) is 55.2 Å². The van der Waals surface area contributed by atoms with Crippen molar-refractivity contribution in [2.45, 2.75) is 25.5 Å². The molecule has 0 radical (unpaired) electrons. The maximum Gasteiger partial charge on any atom is 0.266 e. The average Bonchev–Trinajstić information content (AvgIpc) is 3.27. The molecule has 4 rings (SSSR count). The van der Waals surface area contributed by atoms with Crippen molar-refractivity contribution >= 4 is 39.9 Å². The standard InChI is InChI=1S/C24H23N3O2S2/c1-16-8-9-17(2)21(12-16)27-23(29)19-6-4-5-7-20(19)25-24(27)31-15-22(28)26(3)13-18-10-11-30-14-18/h4-12,14H,13,15H2,1-3H3. The first-order valence-electron chi connectivity index (χ1n) is 9.91. The summed E-state index contributed by atoms with van der Waals surface area (Å²) in [5, 5.41) is 5.13. The highest BCUT2D eigenvalue weighted by Gasteiger charge is 2.17. The van der Waals surface area contributed by atoms with Crippen molar-refractivity contribution in [3.8, 4) is 5.69 Å². The molecule has 2 aromatic carbocycles. The third-order valence-corrected chi connectivity index (χ3v) is 6.76. The fourth-order valence-corrected chi connectivity index (χ4v) is 4.97. The smallest absolute Gasteiger partial charge is 0.266 e. The quantitative estimate of drug-likeness (QED) is 0.313. The number of nitrogens with zero attached hydrogens (tertiary/aromatic N) is 3. The molecule has 31 heavy (non-hydrogen) atoms. The van der Waals surface area contributed by atoms with E-state index in [0.29, 0.717) is 22.6 Å². The van der Waals surface area contributed by atoms with E-state index < -0.39 is 0 Å². The number of carbonyl (C=O) groups excluding carboxylic acids is 1. The van der Waals surface area contributed by atoms with Gasteiger partial charge in [-0.3, -0.25) is 14.2 Å². The van der Waals surface area contributed by atoms with Crippen molar-refractivity contribution in [1.82, 2.24) is 14.5 Å². The molecule has 0 atom stereocenters. The molecular weight excluding hydrogens is 426 g/mol. The largest absolute Gasteiger partial charge is 0.341 e. The SMILES string of the molecule is Cc1ccc(C)c(-n2c(SCC(=O)N(C)Cc3ccsc3)nc3ccccc3c2=O)c1. The summed E-state index contributed by atoms with van der Waals surface area (Å²) < 4.78 is 1.64. The van der Waals surface area contributed by atoms with Gasteiger partial charge < -0.3 is 4.90 Å². The lowest BCUT2D eigenvalue weighted by molar-refractivity contribution is -0.127. The van der Waals surface area contributed by atoms with E-state index in [2.05, 4.69) is 0 Å². The highest BCUT2D eigenvalue weighted by Crippen LogP contribution is 2.24. The van der Waals surface area contributed by atoms with Crippen LogP contribution in [0.15, 0.2) is 69.2 Å². The number of carbonyl (C=O) groups is 1. The Morgan fingerprint density at radius 2 is 1.97 bits per heavy atom. The van der Waals surface area contributed by atoms with Crippen molar-refractivity contribution < 1.29 is 4.79 Å². The number of aryl methyl sites for hydroxylation is 2. The van der Waals surface area contributed by atoms with E-state index in [9.17, 15) is 9.59 Å². The van der Waals surface area contributed by atoms with Crippen molar-refractivity contribution in [1.29, 1.82) is 0 Å². The van der Waals surface area contributed by atoms with Gasteiger partial charge in [0.15, 0.2) is 5.16 Å². The van der Waals surface area contributed by atoms with Gasteiger partial charge in [0.1, 0.15) is 0 Å². The second-order valence-electron chi connectivity index (χ2n) is 7.51. The van der Waals surface area contributed by atoms with Gasteiger partial charge in [0, 0.05) is 13.6 Å². The van der Waals surface area contributed by atoms with Crippen LogP contribution >= 0.6 is 23.1 Å². The Labute approximate surface area is 189 Å². The summed E-state index contributed by atoms with van der Waals surface area (Å²) in [6, 6.07) is 15.4. The first-order valence-corrected chi connectivity index (χ1v) is 11.8. The van der Waals surface area contributed by atoms with Gasteiger partial charge >= 0.3 is 0 Å². The van der Waals surface area contributed by atoms with Crippen LogP contribution < -0.4 is 5.56 Å². The molecule has 0 saturated heterocycles. The van der Waals surface area contributed by atoms with Gasteiger partial charge in [-0.1, -0.05) is 36.0 Å². The van der Waals surface area contributed by atoms with Crippen LogP contribution in [0, 0.1) is 13.8 Å². The van der Waals surface area contributed by atoms with Crippen LogP contribution in [0.1, 0.15) is 16.7 Å². The number of benzene rings is 2. The molecule has 0 bridgehead atoms. The molecule has 2 aromatic heterocycles. The van der Waals surface area contributed by atoms with Gasteiger partial charge in [-0.25, -0.2) is 4.98 Å². The van der Waals surface area contributed by atoms with Crippen molar-refractivity contribution in [2.24, 2.45) is 0 Å². The number of para-hydroxylation sites is 1. The Morgan fingerprint density at radius 3 is 2.74 bits per heavy atom. The normalized spacial score (nSPS) is 11.1. The zero-order chi connectivity index (χ0) is 22.0. The molecular formula is C24H23N3O2S2. The van der Waals surface area contributed by atoms with Crippen molar-refractivity contribution in [2.75, 3.05) is 12.8 Å². The van der Waals surface area contributed by atoms with Crippen LogP contribution in [0.5, 0.6) is 0 Å². The molecule has 0 aliphatic carbocycles. The monoisotopic (exact) mass is 449 g/mol. The summed E-state index contributed by atoms with van der Waals surface area (Å²) in [5.74, 6) is 0.196. The molecule has 2 heterocycles. The predicted molar refractivity (Wildman–Crippen MR) is 128 cm³/mol. The molecule has 0 aliphatic rings. The van der Waals surface area contributed by atoms with Gasteiger partial charge in [0.05, 0.1) is 22.3 Å². The average molecular weight is 450 g/mol. The molecule has 0 N–H and O–H groups in total. The van der Waals surface area contributed by atoms with Gasteiger partial charge in [-0.05, 0) is 65.6 Å². The van der Waals surface area contributed by atoms with Crippen LogP contribution in [-0.4, -0.2) is 33.2 Å². The maximum atomic E-state index is 13.4. The van der Waals surface area contributed by atoms with E-state index in [1.807, 2.05) is 67.1 Å². The Hall–Kier alpha value is -2.90. The molecule has 0 unspecified atom stereocenters. The van der Waals surface area contributed by atoms with Crippen molar-refractivity contribution in [3.63, 3.8) is 0 Å². The van der Waals surface area contributed by atoms with E-state index >= 15 is 0 Å². The third-order valence-electron chi connectivity index (χ3n) is 5.10. The minimum atomic E-state index is -0.124. The lowest BCUT2D eigenvalue weighted by Crippen LogP contribution is -2.28. The number of thiophene rings is 1. The van der Waals surface area contributed by atoms with Crippen LogP contribution in [-0.2, 0) is 11.3 Å². The second-order valence-corrected chi connectivity index (χ2v) is 9.23. The molecule has 0 fully saturated rings. The summed E-state index contributed by atoms with van der Waals surface area (Å²) in [5.41, 5.74) is 4.46. The first kappa shape index (κ1) is 21.3. The van der Waals surface area contributed by atoms with E-state index in [-0.39, 0.29) is 17.2 Å². The molecule has 158 valence electrons. The number of fused-ring (bicyclic) bond motifs is 1. The Bertz CT molecular complexity index is 1300. The summed E-state index contributed by atoms with van der Waals surface area (Å²) in [7, 11) is 1.80. The lowest BCUT2D eigenvalue weighted by atomic mass is 10.1. The third kappa shape index (κ3) is 4.57. The minimum Gasteiger partial charge on any atom is -0.341 e. The molecule has 7 heteroatoms. The van der Waals surface area contributed by atoms with Gasteiger partial charge in [0.2, 0.25) is 5.91 Å². The van der Waals surface area contributed by atoms with Crippen molar-refractivity contribution in [3.05, 3.63) is 86.3 Å². The highest BCUT2D eigenvalue weighted by atomic mass is 32.2. The van der Waals surface area contributed by atoms with E-state index in [1.165, 1.54) is 11.8 Å². The molecule has 0 spiro atoms. The molecule has 5 nitrogen and oxygen atoms in total. The van der Waals surface area contributed by atoms with E-state index in [0.717, 1.165) is 22.4 Å². The predicted octanol–water partition coefficient (Wildman–Crippen LogP) is 4.81. The Balaban J connectivity index is 1.70. The maximum absolute atomic E-state index is 13.4. The summed E-state index contributed by atoms with van der Waals surface area (Å²) >= 11 is 2.91.